The van der Waals surface area contributed by atoms with Crippen molar-refractivity contribution in [1.82, 2.24) is 15.4 Å². The van der Waals surface area contributed by atoms with Crippen molar-refractivity contribution >= 4 is 40.0 Å². The smallest absolute Gasteiger partial charge is 0.215 e. The largest absolute Gasteiger partial charge is 0.357 e. The van der Waals surface area contributed by atoms with Gasteiger partial charge in [-0.15, -0.1) is 24.0 Å². The quantitative estimate of drug-likeness (QED) is 0.225. The number of hydrogen-bond donors (Lipinski definition) is 3. The molecular weight excluding hydrogens is 439 g/mol. The second-order valence-corrected chi connectivity index (χ2v) is 7.18. The summed E-state index contributed by atoms with van der Waals surface area (Å²) >= 11 is 0. The van der Waals surface area contributed by atoms with Crippen LogP contribution in [0.3, 0.4) is 0 Å². The van der Waals surface area contributed by atoms with Crippen LogP contribution in [0.5, 0.6) is 0 Å². The Morgan fingerprint density at radius 3 is 2.25 bits per heavy atom. The van der Waals surface area contributed by atoms with E-state index in [0.29, 0.717) is 6.54 Å². The Hall–Kier alpha value is -0.870. The first-order chi connectivity index (χ1) is 11.0. The first-order valence-electron chi connectivity index (χ1n) is 8.02. The minimum Gasteiger partial charge on any atom is -0.357 e. The number of benzene rings is 1. The van der Waals surface area contributed by atoms with Crippen LogP contribution >= 0.6 is 24.0 Å². The number of rotatable bonds is 9. The minimum absolute atomic E-state index is 0. The molecule has 24 heavy (non-hydrogen) atoms. The van der Waals surface area contributed by atoms with Gasteiger partial charge in [0.25, 0.3) is 0 Å². The maximum absolute atomic E-state index is 11.5. The summed E-state index contributed by atoms with van der Waals surface area (Å²) in [6.45, 7) is 6.47. The summed E-state index contributed by atoms with van der Waals surface area (Å²) in [7, 11) is -1.81. The maximum atomic E-state index is 11.5. The first-order valence-corrected chi connectivity index (χ1v) is 9.67. The van der Waals surface area contributed by atoms with E-state index in [4.69, 9.17) is 0 Å². The molecule has 0 fully saturated rings. The molecule has 0 bridgehead atoms. The average molecular weight is 468 g/mol. The molecule has 0 saturated heterocycles. The van der Waals surface area contributed by atoms with Crippen LogP contribution in [0.1, 0.15) is 37.8 Å². The lowest BCUT2D eigenvalue weighted by Gasteiger charge is -2.10. The fourth-order valence-corrected chi connectivity index (χ4v) is 2.70. The molecule has 1 aromatic rings. The molecule has 0 saturated carbocycles. The van der Waals surface area contributed by atoms with Crippen molar-refractivity contribution in [2.45, 2.75) is 39.0 Å². The van der Waals surface area contributed by atoms with Gasteiger partial charge >= 0.3 is 0 Å². The molecule has 0 radical (unpaired) electrons. The molecule has 0 aromatic heterocycles. The normalized spacial score (nSPS) is 11.7. The van der Waals surface area contributed by atoms with Gasteiger partial charge in [-0.3, -0.25) is 0 Å². The summed E-state index contributed by atoms with van der Waals surface area (Å²) in [6, 6.07) is 7.49. The van der Waals surface area contributed by atoms with E-state index in [9.17, 15) is 8.42 Å². The second kappa shape index (κ2) is 12.5. The fourth-order valence-electron chi connectivity index (χ4n) is 1.93. The van der Waals surface area contributed by atoms with E-state index in [1.54, 1.807) is 0 Å². The van der Waals surface area contributed by atoms with Crippen molar-refractivity contribution in [2.75, 3.05) is 20.1 Å². The van der Waals surface area contributed by atoms with Crippen molar-refractivity contribution in [3.63, 3.8) is 0 Å². The van der Waals surface area contributed by atoms with Crippen LogP contribution in [0.2, 0.25) is 0 Å². The molecule has 138 valence electrons. The lowest BCUT2D eigenvalue weighted by atomic mass is 10.1. The third-order valence-corrected chi connectivity index (χ3v) is 4.61. The molecule has 3 N–H and O–H groups in total. The SMILES string of the molecule is CCCCNC(=NCc1ccc(CS(=O)(=O)NC)cc1)NCC.I. The van der Waals surface area contributed by atoms with Crippen molar-refractivity contribution in [3.05, 3.63) is 35.4 Å². The van der Waals surface area contributed by atoms with Gasteiger partial charge in [-0.1, -0.05) is 37.6 Å². The van der Waals surface area contributed by atoms with Crippen molar-refractivity contribution in [3.8, 4) is 0 Å². The van der Waals surface area contributed by atoms with E-state index in [2.05, 4.69) is 27.3 Å². The highest BCUT2D eigenvalue weighted by atomic mass is 127. The van der Waals surface area contributed by atoms with Crippen LogP contribution in [0, 0.1) is 0 Å². The average Bonchev–Trinajstić information content (AvgIpc) is 2.54. The predicted molar refractivity (Wildman–Crippen MR) is 111 cm³/mol. The summed E-state index contributed by atoms with van der Waals surface area (Å²) in [5.74, 6) is 0.802. The highest BCUT2D eigenvalue weighted by Gasteiger charge is 2.08. The molecule has 0 aliphatic rings. The van der Waals surface area contributed by atoms with Gasteiger partial charge in [0, 0.05) is 13.1 Å². The van der Waals surface area contributed by atoms with E-state index in [1.807, 2.05) is 31.2 Å². The highest BCUT2D eigenvalue weighted by Crippen LogP contribution is 2.08. The molecule has 0 aliphatic heterocycles. The summed E-state index contributed by atoms with van der Waals surface area (Å²) in [5, 5.41) is 6.51. The number of nitrogens with one attached hydrogen (secondary N) is 3. The first kappa shape index (κ1) is 23.1. The van der Waals surface area contributed by atoms with Crippen LogP contribution in [-0.2, 0) is 22.3 Å². The molecule has 0 amide bonds. The molecule has 0 atom stereocenters. The molecule has 0 heterocycles. The molecule has 1 aromatic carbocycles. The zero-order valence-corrected chi connectivity index (χ0v) is 17.8. The molecule has 8 heteroatoms. The Labute approximate surface area is 163 Å². The van der Waals surface area contributed by atoms with Crippen molar-refractivity contribution in [1.29, 1.82) is 0 Å². The monoisotopic (exact) mass is 468 g/mol. The number of halogens is 1. The van der Waals surface area contributed by atoms with Crippen molar-refractivity contribution in [2.24, 2.45) is 4.99 Å². The molecule has 1 rings (SSSR count). The Balaban J connectivity index is 0.00000529. The Morgan fingerprint density at radius 2 is 1.71 bits per heavy atom. The van der Waals surface area contributed by atoms with Gasteiger partial charge in [-0.25, -0.2) is 18.1 Å². The number of guanidine groups is 1. The lowest BCUT2D eigenvalue weighted by Crippen LogP contribution is -2.37. The Bertz CT molecular complexity index is 589. The van der Waals surface area contributed by atoms with E-state index in [-0.39, 0.29) is 29.7 Å². The summed E-state index contributed by atoms with van der Waals surface area (Å²) in [5.41, 5.74) is 1.81. The summed E-state index contributed by atoms with van der Waals surface area (Å²) in [6.07, 6.45) is 2.25. The lowest BCUT2D eigenvalue weighted by molar-refractivity contribution is 0.587. The summed E-state index contributed by atoms with van der Waals surface area (Å²) < 4.78 is 25.3. The number of nitrogens with zero attached hydrogens (tertiary/aromatic N) is 1. The number of sulfonamides is 1. The fraction of sp³-hybridized carbons (Fsp3) is 0.562. The zero-order chi connectivity index (χ0) is 17.1. The molecule has 0 unspecified atom stereocenters. The van der Waals surface area contributed by atoms with E-state index in [1.165, 1.54) is 7.05 Å². The molecule has 6 nitrogen and oxygen atoms in total. The minimum atomic E-state index is -3.23. The number of aliphatic imine (C=N–C) groups is 1. The topological polar surface area (TPSA) is 82.6 Å². The van der Waals surface area contributed by atoms with Crippen molar-refractivity contribution < 1.29 is 8.42 Å². The van der Waals surface area contributed by atoms with Gasteiger partial charge in [0.1, 0.15) is 0 Å². The van der Waals surface area contributed by atoms with Crippen LogP contribution in [0.4, 0.5) is 0 Å². The van der Waals surface area contributed by atoms with Gasteiger partial charge in [-0.2, -0.15) is 0 Å². The van der Waals surface area contributed by atoms with Gasteiger partial charge in [0.15, 0.2) is 5.96 Å². The van der Waals surface area contributed by atoms with Crippen LogP contribution in [0.25, 0.3) is 0 Å². The standard InChI is InChI=1S/C16H28N4O2S.HI/c1-4-6-11-19-16(18-5-2)20-12-14-7-9-15(10-8-14)13-23(21,22)17-3;/h7-10,17H,4-6,11-13H2,1-3H3,(H2,18,19,20);1H. The van der Waals surface area contributed by atoms with E-state index in [0.717, 1.165) is 43.0 Å². The van der Waals surface area contributed by atoms with Gasteiger partial charge in [0.2, 0.25) is 10.0 Å². The highest BCUT2D eigenvalue weighted by molar-refractivity contribution is 14.0. The third-order valence-electron chi connectivity index (χ3n) is 3.28. The maximum Gasteiger partial charge on any atom is 0.215 e. The van der Waals surface area contributed by atoms with E-state index < -0.39 is 10.0 Å². The number of hydrogen-bond acceptors (Lipinski definition) is 3. The van der Waals surface area contributed by atoms with Gasteiger partial charge < -0.3 is 10.6 Å². The van der Waals surface area contributed by atoms with Crippen LogP contribution in [-0.4, -0.2) is 34.5 Å². The zero-order valence-electron chi connectivity index (χ0n) is 14.6. The third kappa shape index (κ3) is 9.43. The molecular formula is C16H29IN4O2S. The summed E-state index contributed by atoms with van der Waals surface area (Å²) in [4.78, 5) is 4.54. The van der Waals surface area contributed by atoms with E-state index >= 15 is 0 Å². The Morgan fingerprint density at radius 1 is 1.08 bits per heavy atom. The second-order valence-electron chi connectivity index (χ2n) is 5.26. The van der Waals surface area contributed by atoms with Crippen LogP contribution < -0.4 is 15.4 Å². The predicted octanol–water partition coefficient (Wildman–Crippen LogP) is 2.21. The van der Waals surface area contributed by atoms with Crippen LogP contribution in [0.15, 0.2) is 29.3 Å². The van der Waals surface area contributed by atoms with Gasteiger partial charge in [-0.05, 0) is 31.5 Å². The molecule has 0 aliphatic carbocycles. The molecule has 0 spiro atoms. The number of unbranched alkanes of at least 4 members (excludes halogenated alkanes) is 1. The van der Waals surface area contributed by atoms with Gasteiger partial charge in [0.05, 0.1) is 12.3 Å². The Kier molecular flexibility index (Phi) is 12.0.